The molecule has 8 nitrogen and oxygen atoms in total. The summed E-state index contributed by atoms with van der Waals surface area (Å²) in [5.41, 5.74) is 5.25. The van der Waals surface area contributed by atoms with Crippen molar-refractivity contribution in [3.05, 3.63) is 62.9 Å². The molecule has 0 bridgehead atoms. The molecule has 184 valence electrons. The van der Waals surface area contributed by atoms with Gasteiger partial charge in [0.25, 0.3) is 5.56 Å². The average molecular weight is 496 g/mol. The monoisotopic (exact) mass is 495 g/mol. The van der Waals surface area contributed by atoms with Crippen LogP contribution in [0.25, 0.3) is 22.3 Å². The number of pyridine rings is 2. The van der Waals surface area contributed by atoms with Crippen LogP contribution in [0, 0.1) is 0 Å². The maximum atomic E-state index is 13.5. The lowest BCUT2D eigenvalue weighted by Crippen LogP contribution is -2.37. The minimum Gasteiger partial charge on any atom is -0.460 e. The molecule has 0 saturated carbocycles. The number of cyclic esters (lactones) is 1. The molecule has 0 amide bonds. The standard InChI is InChI=1S/C26H29N3O5S/c1-5-16-19-12-23-24-20(13-28(23)25(30)21(19)14-34-26(16)31)17(18-8-6-7-9-22(18)27-24)10-11-29(15(2)3)35(4,32)33/h6-9,12,15-16H,5,10-11,13-14H2,1-4H3. The fourth-order valence-corrected chi connectivity index (χ4v) is 6.64. The number of rotatable bonds is 6. The zero-order valence-corrected chi connectivity index (χ0v) is 21.2. The van der Waals surface area contributed by atoms with E-state index in [2.05, 4.69) is 0 Å². The van der Waals surface area contributed by atoms with Crippen LogP contribution in [-0.4, -0.2) is 47.1 Å². The summed E-state index contributed by atoms with van der Waals surface area (Å²) in [6, 6.07) is 9.55. The number of aromatic nitrogens is 2. The number of nitrogens with zero attached hydrogens (tertiary/aromatic N) is 3. The molecule has 2 aliphatic heterocycles. The minimum atomic E-state index is -3.37. The molecule has 0 fully saturated rings. The molecule has 3 aromatic rings. The topological polar surface area (TPSA) is 98.6 Å². The Labute approximate surface area is 204 Å². The lowest BCUT2D eigenvalue weighted by molar-refractivity contribution is -0.148. The second-order valence-corrected chi connectivity index (χ2v) is 11.5. The fraction of sp³-hybridized carbons (Fsp3) is 0.423. The zero-order valence-electron chi connectivity index (χ0n) is 20.4. The normalized spacial score (nSPS) is 17.0. The van der Waals surface area contributed by atoms with E-state index in [1.54, 1.807) is 4.57 Å². The van der Waals surface area contributed by atoms with E-state index >= 15 is 0 Å². The number of carbonyl (C=O) groups excluding carboxylic acids is 1. The van der Waals surface area contributed by atoms with Crippen LogP contribution in [0.5, 0.6) is 0 Å². The number of ether oxygens (including phenoxy) is 1. The molecule has 2 aliphatic rings. The van der Waals surface area contributed by atoms with Gasteiger partial charge in [0.05, 0.1) is 41.2 Å². The quantitative estimate of drug-likeness (QED) is 0.381. The smallest absolute Gasteiger partial charge is 0.313 e. The Hall–Kier alpha value is -3.04. The highest BCUT2D eigenvalue weighted by atomic mass is 32.2. The molecule has 5 rings (SSSR count). The minimum absolute atomic E-state index is 0.0138. The van der Waals surface area contributed by atoms with Crippen molar-refractivity contribution in [1.29, 1.82) is 0 Å². The average Bonchev–Trinajstić information content (AvgIpc) is 3.16. The van der Waals surface area contributed by atoms with Crippen molar-refractivity contribution >= 4 is 26.9 Å². The van der Waals surface area contributed by atoms with E-state index in [0.717, 1.165) is 33.3 Å². The molecule has 0 aliphatic carbocycles. The van der Waals surface area contributed by atoms with Gasteiger partial charge in [-0.25, -0.2) is 13.4 Å². The van der Waals surface area contributed by atoms with Crippen LogP contribution in [0.4, 0.5) is 0 Å². The highest BCUT2D eigenvalue weighted by molar-refractivity contribution is 7.88. The zero-order chi connectivity index (χ0) is 25.1. The van der Waals surface area contributed by atoms with Gasteiger partial charge in [-0.05, 0) is 49.9 Å². The third-order valence-corrected chi connectivity index (χ3v) is 8.57. The summed E-state index contributed by atoms with van der Waals surface area (Å²) in [6.45, 7) is 6.31. The number of carbonyl (C=O) groups is 1. The Kier molecular flexibility index (Phi) is 5.80. The molecule has 1 aromatic carbocycles. The second-order valence-electron chi connectivity index (χ2n) is 9.58. The molecule has 0 spiro atoms. The fourth-order valence-electron chi connectivity index (χ4n) is 5.45. The first-order valence-corrected chi connectivity index (χ1v) is 13.8. The summed E-state index contributed by atoms with van der Waals surface area (Å²) in [5, 5.41) is 0.957. The van der Waals surface area contributed by atoms with Crippen LogP contribution < -0.4 is 5.56 Å². The molecule has 4 heterocycles. The highest BCUT2D eigenvalue weighted by Crippen LogP contribution is 2.39. The molecule has 35 heavy (non-hydrogen) atoms. The first kappa shape index (κ1) is 23.7. The van der Waals surface area contributed by atoms with E-state index < -0.39 is 15.9 Å². The van der Waals surface area contributed by atoms with Crippen molar-refractivity contribution in [1.82, 2.24) is 13.9 Å². The first-order chi connectivity index (χ1) is 16.6. The molecule has 2 aromatic heterocycles. The van der Waals surface area contributed by atoms with Gasteiger partial charge in [0.1, 0.15) is 6.61 Å². The Balaban J connectivity index is 1.68. The second kappa shape index (κ2) is 8.57. The number of sulfonamides is 1. The van der Waals surface area contributed by atoms with E-state index in [1.165, 1.54) is 10.6 Å². The summed E-state index contributed by atoms with van der Waals surface area (Å²) < 4.78 is 33.3. The summed E-state index contributed by atoms with van der Waals surface area (Å²) in [4.78, 5) is 30.8. The Morgan fingerprint density at radius 2 is 1.94 bits per heavy atom. The Morgan fingerprint density at radius 1 is 1.20 bits per heavy atom. The molecular formula is C26H29N3O5S. The van der Waals surface area contributed by atoms with Crippen molar-refractivity contribution in [2.45, 2.75) is 58.7 Å². The van der Waals surface area contributed by atoms with E-state index in [4.69, 9.17) is 9.72 Å². The van der Waals surface area contributed by atoms with Gasteiger partial charge in [-0.15, -0.1) is 0 Å². The van der Waals surface area contributed by atoms with Crippen molar-refractivity contribution in [2.75, 3.05) is 12.8 Å². The van der Waals surface area contributed by atoms with Crippen LogP contribution in [-0.2, 0) is 39.1 Å². The summed E-state index contributed by atoms with van der Waals surface area (Å²) in [6.07, 6.45) is 2.28. The van der Waals surface area contributed by atoms with Crippen LogP contribution in [0.15, 0.2) is 35.1 Å². The van der Waals surface area contributed by atoms with Gasteiger partial charge in [0.2, 0.25) is 10.0 Å². The predicted molar refractivity (Wildman–Crippen MR) is 134 cm³/mol. The molecule has 0 N–H and O–H groups in total. The number of hydrogen-bond donors (Lipinski definition) is 0. The van der Waals surface area contributed by atoms with Gasteiger partial charge >= 0.3 is 5.97 Å². The molecule has 1 unspecified atom stereocenters. The third kappa shape index (κ3) is 3.87. The van der Waals surface area contributed by atoms with Crippen molar-refractivity contribution < 1.29 is 17.9 Å². The van der Waals surface area contributed by atoms with Crippen LogP contribution in [0.1, 0.15) is 55.4 Å². The van der Waals surface area contributed by atoms with Crippen LogP contribution in [0.3, 0.4) is 0 Å². The SMILES string of the molecule is CCC1C(=O)OCc2c1cc1n(c2=O)Cc2c-1nc1ccccc1c2CCN(C(C)C)S(C)(=O)=O. The van der Waals surface area contributed by atoms with E-state index in [0.29, 0.717) is 37.2 Å². The van der Waals surface area contributed by atoms with Crippen molar-refractivity contribution in [2.24, 2.45) is 0 Å². The number of esters is 1. The molecular weight excluding hydrogens is 466 g/mol. The number of hydrogen-bond acceptors (Lipinski definition) is 6. The van der Waals surface area contributed by atoms with Gasteiger partial charge in [0, 0.05) is 23.5 Å². The van der Waals surface area contributed by atoms with E-state index in [1.807, 2.05) is 51.1 Å². The van der Waals surface area contributed by atoms with Gasteiger partial charge < -0.3 is 9.30 Å². The largest absolute Gasteiger partial charge is 0.460 e. The Bertz CT molecular complexity index is 1520. The number of fused-ring (bicyclic) bond motifs is 5. The lowest BCUT2D eigenvalue weighted by Gasteiger charge is -2.24. The summed E-state index contributed by atoms with van der Waals surface area (Å²) in [5.74, 6) is -0.764. The molecule has 1 atom stereocenters. The van der Waals surface area contributed by atoms with Crippen molar-refractivity contribution in [3.8, 4) is 11.4 Å². The lowest BCUT2D eigenvalue weighted by atomic mass is 9.90. The van der Waals surface area contributed by atoms with Crippen molar-refractivity contribution in [3.63, 3.8) is 0 Å². The summed E-state index contributed by atoms with van der Waals surface area (Å²) in [7, 11) is -3.37. The van der Waals surface area contributed by atoms with Gasteiger partial charge in [-0.2, -0.15) is 4.31 Å². The van der Waals surface area contributed by atoms with Gasteiger partial charge in [0.15, 0.2) is 0 Å². The van der Waals surface area contributed by atoms with Crippen LogP contribution in [0.2, 0.25) is 0 Å². The van der Waals surface area contributed by atoms with E-state index in [-0.39, 0.29) is 24.2 Å². The molecule has 9 heteroatoms. The van der Waals surface area contributed by atoms with E-state index in [9.17, 15) is 18.0 Å². The molecule has 0 radical (unpaired) electrons. The van der Waals surface area contributed by atoms with Gasteiger partial charge in [-0.1, -0.05) is 25.1 Å². The maximum absolute atomic E-state index is 13.5. The maximum Gasteiger partial charge on any atom is 0.313 e. The highest BCUT2D eigenvalue weighted by Gasteiger charge is 2.35. The summed E-state index contributed by atoms with van der Waals surface area (Å²) >= 11 is 0. The van der Waals surface area contributed by atoms with Gasteiger partial charge in [-0.3, -0.25) is 9.59 Å². The Morgan fingerprint density at radius 3 is 2.63 bits per heavy atom. The first-order valence-electron chi connectivity index (χ1n) is 11.9. The third-order valence-electron chi connectivity index (χ3n) is 7.12. The number of para-hydroxylation sites is 1. The predicted octanol–water partition coefficient (Wildman–Crippen LogP) is 3.19. The molecule has 0 saturated heterocycles. The number of benzene rings is 1. The van der Waals surface area contributed by atoms with Crippen LogP contribution >= 0.6 is 0 Å².